The maximum atomic E-state index is 12.6. The summed E-state index contributed by atoms with van der Waals surface area (Å²) in [4.78, 5) is 12.6. The van der Waals surface area contributed by atoms with E-state index in [1.807, 2.05) is 42.6 Å². The van der Waals surface area contributed by atoms with Crippen molar-refractivity contribution in [1.82, 2.24) is 9.88 Å². The topological polar surface area (TPSA) is 61.7 Å². The predicted molar refractivity (Wildman–Crippen MR) is 112 cm³/mol. The fraction of sp³-hybridized carbons (Fsp3) is 0.348. The first-order valence-electron chi connectivity index (χ1n) is 9.80. The highest BCUT2D eigenvalue weighted by atomic mass is 16.5. The van der Waals surface area contributed by atoms with Crippen LogP contribution < -0.4 is 19.5 Å². The molecule has 1 atom stereocenters. The lowest BCUT2D eigenvalue weighted by atomic mass is 10.1. The lowest BCUT2D eigenvalue weighted by Gasteiger charge is -2.16. The highest BCUT2D eigenvalue weighted by Crippen LogP contribution is 2.39. The fourth-order valence-corrected chi connectivity index (χ4v) is 4.07. The summed E-state index contributed by atoms with van der Waals surface area (Å²) in [6.07, 6.45) is 4.25. The SMILES string of the molecule is COc1ccc2c(ccn2CCC(=O)N[C@H]2CCc3cc(OC)c(OC)cc32)c1. The van der Waals surface area contributed by atoms with Gasteiger partial charge < -0.3 is 24.1 Å². The number of hydrogen-bond donors (Lipinski definition) is 1. The van der Waals surface area contributed by atoms with Crippen molar-refractivity contribution in [1.29, 1.82) is 0 Å². The second-order valence-corrected chi connectivity index (χ2v) is 7.25. The van der Waals surface area contributed by atoms with Crippen molar-refractivity contribution in [2.45, 2.75) is 31.8 Å². The second kappa shape index (κ2) is 8.07. The van der Waals surface area contributed by atoms with Crippen LogP contribution in [0, 0.1) is 0 Å². The quantitative estimate of drug-likeness (QED) is 0.661. The zero-order valence-electron chi connectivity index (χ0n) is 17.0. The predicted octanol–water partition coefficient (Wildman–Crippen LogP) is 3.86. The molecule has 0 saturated heterocycles. The molecule has 152 valence electrons. The first kappa shape index (κ1) is 19.2. The first-order valence-corrected chi connectivity index (χ1v) is 9.80. The van der Waals surface area contributed by atoms with E-state index in [-0.39, 0.29) is 11.9 Å². The van der Waals surface area contributed by atoms with Crippen LogP contribution in [0.3, 0.4) is 0 Å². The largest absolute Gasteiger partial charge is 0.497 e. The van der Waals surface area contributed by atoms with E-state index in [0.717, 1.165) is 40.8 Å². The van der Waals surface area contributed by atoms with Crippen LogP contribution in [0.5, 0.6) is 17.2 Å². The van der Waals surface area contributed by atoms with Crippen LogP contribution in [0.2, 0.25) is 0 Å². The maximum absolute atomic E-state index is 12.6. The van der Waals surface area contributed by atoms with Crippen molar-refractivity contribution in [3.63, 3.8) is 0 Å². The smallest absolute Gasteiger partial charge is 0.222 e. The van der Waals surface area contributed by atoms with Gasteiger partial charge in [0.2, 0.25) is 5.91 Å². The van der Waals surface area contributed by atoms with Crippen LogP contribution >= 0.6 is 0 Å². The van der Waals surface area contributed by atoms with E-state index < -0.39 is 0 Å². The van der Waals surface area contributed by atoms with Crippen LogP contribution in [0.25, 0.3) is 10.9 Å². The Labute approximate surface area is 170 Å². The van der Waals surface area contributed by atoms with Gasteiger partial charge in [-0.2, -0.15) is 0 Å². The number of amides is 1. The average molecular weight is 394 g/mol. The molecule has 0 radical (unpaired) electrons. The van der Waals surface area contributed by atoms with E-state index in [1.54, 1.807) is 21.3 Å². The van der Waals surface area contributed by atoms with E-state index in [2.05, 4.69) is 9.88 Å². The highest BCUT2D eigenvalue weighted by Gasteiger charge is 2.26. The Kier molecular flexibility index (Phi) is 5.34. The van der Waals surface area contributed by atoms with Crippen molar-refractivity contribution in [3.8, 4) is 17.2 Å². The molecule has 1 aliphatic rings. The number of aryl methyl sites for hydroxylation is 2. The molecule has 29 heavy (non-hydrogen) atoms. The molecule has 0 unspecified atom stereocenters. The lowest BCUT2D eigenvalue weighted by molar-refractivity contribution is -0.122. The molecule has 1 amide bonds. The summed E-state index contributed by atoms with van der Waals surface area (Å²) >= 11 is 0. The molecular weight excluding hydrogens is 368 g/mol. The Morgan fingerprint density at radius 3 is 2.62 bits per heavy atom. The van der Waals surface area contributed by atoms with Crippen molar-refractivity contribution < 1.29 is 19.0 Å². The van der Waals surface area contributed by atoms with Gasteiger partial charge in [-0.25, -0.2) is 0 Å². The summed E-state index contributed by atoms with van der Waals surface area (Å²) in [6, 6.07) is 12.0. The van der Waals surface area contributed by atoms with Gasteiger partial charge in [-0.1, -0.05) is 0 Å². The third kappa shape index (κ3) is 3.75. The van der Waals surface area contributed by atoms with Crippen molar-refractivity contribution >= 4 is 16.8 Å². The molecule has 1 heterocycles. The van der Waals surface area contributed by atoms with E-state index >= 15 is 0 Å². The van der Waals surface area contributed by atoms with Gasteiger partial charge in [0.05, 0.1) is 27.4 Å². The molecule has 3 aromatic rings. The maximum Gasteiger partial charge on any atom is 0.222 e. The molecule has 1 N–H and O–H groups in total. The molecule has 4 rings (SSSR count). The molecule has 6 nitrogen and oxygen atoms in total. The summed E-state index contributed by atoms with van der Waals surface area (Å²) in [5.74, 6) is 2.31. The number of fused-ring (bicyclic) bond motifs is 2. The number of rotatable bonds is 7. The number of nitrogens with one attached hydrogen (secondary N) is 1. The monoisotopic (exact) mass is 394 g/mol. The number of hydrogen-bond acceptors (Lipinski definition) is 4. The minimum atomic E-state index is 0.0166. The lowest BCUT2D eigenvalue weighted by Crippen LogP contribution is -2.27. The third-order valence-electron chi connectivity index (χ3n) is 5.62. The van der Waals surface area contributed by atoms with E-state index in [4.69, 9.17) is 14.2 Å². The van der Waals surface area contributed by atoms with Crippen molar-refractivity contribution in [2.24, 2.45) is 0 Å². The average Bonchev–Trinajstić information content (AvgIpc) is 3.34. The minimum Gasteiger partial charge on any atom is -0.497 e. The number of benzene rings is 2. The third-order valence-corrected chi connectivity index (χ3v) is 5.62. The van der Waals surface area contributed by atoms with E-state index in [1.165, 1.54) is 5.56 Å². The summed E-state index contributed by atoms with van der Waals surface area (Å²) in [7, 11) is 4.93. The Balaban J connectivity index is 1.42. The zero-order chi connectivity index (χ0) is 20.4. The molecule has 0 saturated carbocycles. The number of methoxy groups -OCH3 is 3. The van der Waals surface area contributed by atoms with Gasteiger partial charge in [-0.15, -0.1) is 0 Å². The highest BCUT2D eigenvalue weighted by molar-refractivity contribution is 5.82. The van der Waals surface area contributed by atoms with Gasteiger partial charge in [0, 0.05) is 30.1 Å². The summed E-state index contributed by atoms with van der Waals surface area (Å²) in [5, 5.41) is 4.29. The molecule has 1 aromatic heterocycles. The molecule has 2 aromatic carbocycles. The van der Waals surface area contributed by atoms with Crippen LogP contribution in [0.15, 0.2) is 42.6 Å². The molecule has 0 spiro atoms. The van der Waals surface area contributed by atoms with Gasteiger partial charge >= 0.3 is 0 Å². The molecule has 6 heteroatoms. The van der Waals surface area contributed by atoms with Crippen molar-refractivity contribution in [3.05, 3.63) is 53.7 Å². The Morgan fingerprint density at radius 1 is 1.07 bits per heavy atom. The summed E-state index contributed by atoms with van der Waals surface area (Å²) < 4.78 is 18.2. The minimum absolute atomic E-state index is 0.0166. The van der Waals surface area contributed by atoms with E-state index in [0.29, 0.717) is 18.7 Å². The van der Waals surface area contributed by atoms with Crippen LogP contribution in [0.1, 0.15) is 30.0 Å². The molecule has 0 aliphatic heterocycles. The van der Waals surface area contributed by atoms with Crippen LogP contribution in [-0.2, 0) is 17.8 Å². The summed E-state index contributed by atoms with van der Waals surface area (Å²) in [5.41, 5.74) is 3.43. The van der Waals surface area contributed by atoms with Gasteiger partial charge in [0.1, 0.15) is 5.75 Å². The molecule has 0 bridgehead atoms. The molecule has 0 fully saturated rings. The Morgan fingerprint density at radius 2 is 1.86 bits per heavy atom. The Hall–Kier alpha value is -3.15. The molecular formula is C23H26N2O4. The summed E-state index contributed by atoms with van der Waals surface area (Å²) in [6.45, 7) is 0.632. The number of nitrogens with zero attached hydrogens (tertiary/aromatic N) is 1. The van der Waals surface area contributed by atoms with Crippen molar-refractivity contribution in [2.75, 3.05) is 21.3 Å². The fourth-order valence-electron chi connectivity index (χ4n) is 4.07. The Bertz CT molecular complexity index is 1040. The van der Waals surface area contributed by atoms with Gasteiger partial charge in [-0.3, -0.25) is 4.79 Å². The van der Waals surface area contributed by atoms with Gasteiger partial charge in [0.25, 0.3) is 0 Å². The number of aromatic nitrogens is 1. The normalized spacial score (nSPS) is 15.2. The van der Waals surface area contributed by atoms with E-state index in [9.17, 15) is 4.79 Å². The van der Waals surface area contributed by atoms with Gasteiger partial charge in [0.15, 0.2) is 11.5 Å². The molecule has 1 aliphatic carbocycles. The van der Waals surface area contributed by atoms with Crippen LogP contribution in [-0.4, -0.2) is 31.8 Å². The zero-order valence-corrected chi connectivity index (χ0v) is 17.0. The number of ether oxygens (including phenoxy) is 3. The van der Waals surface area contributed by atoms with Crippen LogP contribution in [0.4, 0.5) is 0 Å². The van der Waals surface area contributed by atoms with Gasteiger partial charge in [-0.05, 0) is 60.4 Å². The number of carbonyl (C=O) groups is 1. The standard InChI is InChI=1S/C23H26N2O4/c1-27-17-5-7-20-16(12-17)8-10-25(20)11-9-23(26)24-19-6-4-15-13-21(28-2)22(29-3)14-18(15)19/h5,7-8,10,12-14,19H,4,6,9,11H2,1-3H3,(H,24,26)/t19-/m0/s1. The first-order chi connectivity index (χ1) is 14.1. The number of carbonyl (C=O) groups excluding carboxylic acids is 1. The second-order valence-electron chi connectivity index (χ2n) is 7.25.